The van der Waals surface area contributed by atoms with Gasteiger partial charge in [0.1, 0.15) is 16.8 Å². The van der Waals surface area contributed by atoms with E-state index >= 15 is 0 Å². The summed E-state index contributed by atoms with van der Waals surface area (Å²) in [5.74, 6) is -0.767. The molecular formula is C17H22IN3O4. The molecule has 0 N–H and O–H groups in total. The molecule has 1 aromatic heterocycles. The van der Waals surface area contributed by atoms with Gasteiger partial charge in [-0.2, -0.15) is 5.10 Å². The van der Waals surface area contributed by atoms with E-state index in [-0.39, 0.29) is 25.0 Å². The van der Waals surface area contributed by atoms with E-state index in [9.17, 15) is 9.59 Å². The van der Waals surface area contributed by atoms with Crippen molar-refractivity contribution in [1.82, 2.24) is 9.78 Å². The van der Waals surface area contributed by atoms with Crippen molar-refractivity contribution in [1.29, 1.82) is 0 Å². The number of benzene rings is 1. The second-order valence-corrected chi connectivity index (χ2v) is 6.56. The predicted molar refractivity (Wildman–Crippen MR) is 104 cm³/mol. The lowest BCUT2D eigenvalue weighted by Gasteiger charge is -2.24. The first-order valence-corrected chi connectivity index (χ1v) is 9.14. The highest BCUT2D eigenvalue weighted by molar-refractivity contribution is 14.1. The molecule has 2 rings (SSSR count). The second kappa shape index (κ2) is 8.50. The quantitative estimate of drug-likeness (QED) is 0.468. The van der Waals surface area contributed by atoms with Crippen molar-refractivity contribution in [2.24, 2.45) is 7.05 Å². The molecule has 0 bridgehead atoms. The Bertz CT molecular complexity index is 768. The fourth-order valence-corrected chi connectivity index (χ4v) is 3.41. The molecule has 0 fully saturated rings. The molecule has 0 aliphatic rings. The van der Waals surface area contributed by atoms with Crippen LogP contribution < -0.4 is 4.90 Å². The Kier molecular flexibility index (Phi) is 6.63. The number of nitrogens with zero attached hydrogens (tertiary/aromatic N) is 3. The van der Waals surface area contributed by atoms with E-state index in [2.05, 4.69) is 27.7 Å². The van der Waals surface area contributed by atoms with Crippen LogP contribution >= 0.6 is 22.6 Å². The lowest BCUT2D eigenvalue weighted by atomic mass is 10.1. The largest absolute Gasteiger partial charge is 0.465 e. The first-order valence-electron chi connectivity index (χ1n) is 8.06. The molecule has 0 saturated heterocycles. The van der Waals surface area contributed by atoms with Crippen LogP contribution in [0.3, 0.4) is 0 Å². The fourth-order valence-electron chi connectivity index (χ4n) is 2.65. The Hall–Kier alpha value is -1.84. The minimum atomic E-state index is -0.383. The maximum atomic E-state index is 12.0. The number of aryl methyl sites for hydroxylation is 2. The van der Waals surface area contributed by atoms with Crippen LogP contribution in [0.4, 0.5) is 5.69 Å². The molecule has 0 spiro atoms. The van der Waals surface area contributed by atoms with Crippen LogP contribution in [0.2, 0.25) is 0 Å². The number of rotatable bonds is 7. The van der Waals surface area contributed by atoms with Gasteiger partial charge in [0.2, 0.25) is 0 Å². The highest BCUT2D eigenvalue weighted by Gasteiger charge is 2.20. The van der Waals surface area contributed by atoms with E-state index in [0.29, 0.717) is 13.2 Å². The summed E-state index contributed by atoms with van der Waals surface area (Å²) in [6, 6.07) is 3.96. The summed E-state index contributed by atoms with van der Waals surface area (Å²) >= 11 is 2.19. The van der Waals surface area contributed by atoms with Crippen LogP contribution in [-0.4, -0.2) is 48.0 Å². The molecular weight excluding hydrogens is 437 g/mol. The topological polar surface area (TPSA) is 73.7 Å². The zero-order valence-electron chi connectivity index (χ0n) is 14.8. The summed E-state index contributed by atoms with van der Waals surface area (Å²) in [5, 5.41) is 5.45. The third-order valence-electron chi connectivity index (χ3n) is 3.71. The van der Waals surface area contributed by atoms with Crippen LogP contribution in [0.5, 0.6) is 0 Å². The summed E-state index contributed by atoms with van der Waals surface area (Å²) in [6.45, 7) is 6.00. The lowest BCUT2D eigenvalue weighted by molar-refractivity contribution is -0.142. The van der Waals surface area contributed by atoms with Crippen molar-refractivity contribution in [2.45, 2.75) is 20.8 Å². The average molecular weight is 459 g/mol. The molecule has 8 heteroatoms. The maximum Gasteiger partial charge on any atom is 0.325 e. The van der Waals surface area contributed by atoms with Gasteiger partial charge in [-0.25, -0.2) is 0 Å². The van der Waals surface area contributed by atoms with Crippen LogP contribution in [0.1, 0.15) is 19.4 Å². The van der Waals surface area contributed by atoms with Crippen LogP contribution in [-0.2, 0) is 26.1 Å². The zero-order valence-corrected chi connectivity index (χ0v) is 17.0. The number of fused-ring (bicyclic) bond motifs is 1. The van der Waals surface area contributed by atoms with E-state index < -0.39 is 0 Å². The van der Waals surface area contributed by atoms with E-state index in [1.54, 1.807) is 23.4 Å². The molecule has 7 nitrogen and oxygen atoms in total. The molecule has 0 aliphatic heterocycles. The van der Waals surface area contributed by atoms with E-state index in [1.165, 1.54) is 0 Å². The molecule has 0 atom stereocenters. The smallest absolute Gasteiger partial charge is 0.325 e. The molecule has 1 heterocycles. The lowest BCUT2D eigenvalue weighted by Crippen LogP contribution is -2.36. The number of aromatic nitrogens is 2. The first kappa shape index (κ1) is 19.5. The van der Waals surface area contributed by atoms with Crippen LogP contribution in [0, 0.1) is 10.6 Å². The van der Waals surface area contributed by atoms with Crippen molar-refractivity contribution in [3.8, 4) is 0 Å². The Morgan fingerprint density at radius 2 is 1.72 bits per heavy atom. The average Bonchev–Trinajstić information content (AvgIpc) is 2.80. The van der Waals surface area contributed by atoms with Crippen molar-refractivity contribution in [2.75, 3.05) is 31.2 Å². The zero-order chi connectivity index (χ0) is 18.6. The van der Waals surface area contributed by atoms with E-state index in [0.717, 1.165) is 25.9 Å². The van der Waals surface area contributed by atoms with Crippen LogP contribution in [0.15, 0.2) is 12.1 Å². The van der Waals surface area contributed by atoms with Crippen molar-refractivity contribution in [3.63, 3.8) is 0 Å². The SMILES string of the molecule is CCOC(=O)CN(CC(=O)OCC)c1cc2c(cc1C)c(I)nn2C. The number of halogens is 1. The van der Waals surface area contributed by atoms with Gasteiger partial charge in [-0.15, -0.1) is 0 Å². The Morgan fingerprint density at radius 1 is 1.16 bits per heavy atom. The van der Waals surface area contributed by atoms with Gasteiger partial charge in [-0.1, -0.05) is 0 Å². The molecule has 0 radical (unpaired) electrons. The summed E-state index contributed by atoms with van der Waals surface area (Å²) in [7, 11) is 1.87. The molecule has 0 unspecified atom stereocenters. The molecule has 25 heavy (non-hydrogen) atoms. The van der Waals surface area contributed by atoms with Crippen molar-refractivity contribution < 1.29 is 19.1 Å². The fraction of sp³-hybridized carbons (Fsp3) is 0.471. The van der Waals surface area contributed by atoms with Gasteiger partial charge in [-0.05, 0) is 61.1 Å². The molecule has 2 aromatic rings. The first-order chi connectivity index (χ1) is 11.9. The van der Waals surface area contributed by atoms with Gasteiger partial charge < -0.3 is 14.4 Å². The monoisotopic (exact) mass is 459 g/mol. The van der Waals surface area contributed by atoms with Gasteiger partial charge in [0.05, 0.1) is 18.7 Å². The highest BCUT2D eigenvalue weighted by atomic mass is 127. The standard InChI is InChI=1S/C17H22IN3O4/c1-5-24-15(22)9-21(10-16(23)25-6-2)13-8-14-12(7-11(13)3)17(18)19-20(14)4/h7-8H,5-6,9-10H2,1-4H3. The number of esters is 2. The van der Waals surface area contributed by atoms with Crippen molar-refractivity contribution in [3.05, 3.63) is 21.4 Å². The maximum absolute atomic E-state index is 12.0. The Morgan fingerprint density at radius 3 is 2.24 bits per heavy atom. The van der Waals surface area contributed by atoms with Gasteiger partial charge in [0.25, 0.3) is 0 Å². The third kappa shape index (κ3) is 4.62. The highest BCUT2D eigenvalue weighted by Crippen LogP contribution is 2.29. The number of carbonyl (C=O) groups is 2. The third-order valence-corrected chi connectivity index (χ3v) is 4.51. The second-order valence-electron chi connectivity index (χ2n) is 5.54. The molecule has 136 valence electrons. The normalized spacial score (nSPS) is 10.8. The van der Waals surface area contributed by atoms with Crippen LogP contribution in [0.25, 0.3) is 10.9 Å². The molecule has 0 amide bonds. The van der Waals surface area contributed by atoms with Gasteiger partial charge >= 0.3 is 11.9 Å². The number of hydrogen-bond donors (Lipinski definition) is 0. The van der Waals surface area contributed by atoms with Gasteiger partial charge in [0, 0.05) is 18.1 Å². The summed E-state index contributed by atoms with van der Waals surface area (Å²) < 4.78 is 12.8. The number of anilines is 1. The molecule has 0 saturated carbocycles. The summed E-state index contributed by atoms with van der Waals surface area (Å²) in [5.41, 5.74) is 2.67. The number of hydrogen-bond acceptors (Lipinski definition) is 6. The van der Waals surface area contributed by atoms with E-state index in [4.69, 9.17) is 9.47 Å². The summed E-state index contributed by atoms with van der Waals surface area (Å²) in [6.07, 6.45) is 0. The minimum absolute atomic E-state index is 0.0199. The predicted octanol–water partition coefficient (Wildman–Crippen LogP) is 2.42. The Labute approximate surface area is 160 Å². The Balaban J connectivity index is 2.42. The molecule has 0 aliphatic carbocycles. The van der Waals surface area contributed by atoms with Crippen molar-refractivity contribution >= 4 is 51.1 Å². The number of carbonyl (C=O) groups excluding carboxylic acids is 2. The van der Waals surface area contributed by atoms with Gasteiger partial charge in [-0.3, -0.25) is 14.3 Å². The van der Waals surface area contributed by atoms with Gasteiger partial charge in [0.15, 0.2) is 0 Å². The minimum Gasteiger partial charge on any atom is -0.465 e. The molecule has 1 aromatic carbocycles. The van der Waals surface area contributed by atoms with E-state index in [1.807, 2.05) is 26.1 Å². The number of ether oxygens (including phenoxy) is 2. The summed E-state index contributed by atoms with van der Waals surface area (Å²) in [4.78, 5) is 25.6.